The molecule has 1 heterocycles. The van der Waals surface area contributed by atoms with Crippen LogP contribution in [0.3, 0.4) is 0 Å². The fourth-order valence-electron chi connectivity index (χ4n) is 3.44. The number of aliphatic hydroxyl groups is 1. The lowest BCUT2D eigenvalue weighted by Crippen LogP contribution is -2.37. The molecule has 0 amide bonds. The van der Waals surface area contributed by atoms with Crippen molar-refractivity contribution in [2.45, 2.75) is 44.9 Å². The summed E-state index contributed by atoms with van der Waals surface area (Å²) in [7, 11) is 0. The fourth-order valence-corrected chi connectivity index (χ4v) is 3.44. The van der Waals surface area contributed by atoms with Crippen LogP contribution in [0.15, 0.2) is 59.8 Å². The van der Waals surface area contributed by atoms with Gasteiger partial charge in [0.2, 0.25) is 0 Å². The molecule has 4 nitrogen and oxygen atoms in total. The van der Waals surface area contributed by atoms with Crippen molar-refractivity contribution < 1.29 is 14.3 Å². The standard InChI is InChI=1S/C22H27FN2O2/c1-2-7-20(26)15-25(14-17-8-6-11-19(23)12-17)16-21-13-22(24-27-21)18-9-4-3-5-10-18/h3-6,8-12,20-21,26H,2,7,13-16H2,1H3/t20-,21+/m0/s1. The Morgan fingerprint density at radius 1 is 1.22 bits per heavy atom. The van der Waals surface area contributed by atoms with Gasteiger partial charge in [-0.25, -0.2) is 4.39 Å². The van der Waals surface area contributed by atoms with Crippen LogP contribution in [-0.2, 0) is 11.4 Å². The summed E-state index contributed by atoms with van der Waals surface area (Å²) in [5, 5.41) is 14.5. The molecule has 0 radical (unpaired) electrons. The van der Waals surface area contributed by atoms with E-state index in [2.05, 4.69) is 17.0 Å². The van der Waals surface area contributed by atoms with E-state index in [-0.39, 0.29) is 11.9 Å². The normalized spacial score (nSPS) is 17.6. The van der Waals surface area contributed by atoms with Crippen LogP contribution in [-0.4, -0.2) is 41.0 Å². The van der Waals surface area contributed by atoms with Gasteiger partial charge in [0.05, 0.1) is 11.8 Å². The number of nitrogens with zero attached hydrogens (tertiary/aromatic N) is 2. The third kappa shape index (κ3) is 5.88. The molecular weight excluding hydrogens is 343 g/mol. The number of halogens is 1. The second kappa shape index (κ2) is 9.62. The van der Waals surface area contributed by atoms with Crippen molar-refractivity contribution in [3.8, 4) is 0 Å². The predicted octanol–water partition coefficient (Wildman–Crippen LogP) is 3.98. The molecule has 0 saturated heterocycles. The third-order valence-corrected chi connectivity index (χ3v) is 4.69. The molecule has 0 fully saturated rings. The van der Waals surface area contributed by atoms with Crippen molar-refractivity contribution in [3.63, 3.8) is 0 Å². The minimum absolute atomic E-state index is 0.0670. The molecule has 5 heteroatoms. The maximum Gasteiger partial charge on any atom is 0.145 e. The summed E-state index contributed by atoms with van der Waals surface area (Å²) in [6.07, 6.45) is 1.93. The first-order chi connectivity index (χ1) is 13.1. The highest BCUT2D eigenvalue weighted by atomic mass is 19.1. The van der Waals surface area contributed by atoms with Gasteiger partial charge in [-0.05, 0) is 29.7 Å². The molecule has 1 aliphatic heterocycles. The van der Waals surface area contributed by atoms with Gasteiger partial charge in [-0.3, -0.25) is 4.90 Å². The van der Waals surface area contributed by atoms with Crippen molar-refractivity contribution in [1.29, 1.82) is 0 Å². The van der Waals surface area contributed by atoms with Gasteiger partial charge in [-0.15, -0.1) is 0 Å². The van der Waals surface area contributed by atoms with Gasteiger partial charge in [0.25, 0.3) is 0 Å². The Hall–Kier alpha value is -2.24. The monoisotopic (exact) mass is 370 g/mol. The van der Waals surface area contributed by atoms with Gasteiger partial charge in [-0.2, -0.15) is 0 Å². The lowest BCUT2D eigenvalue weighted by Gasteiger charge is -2.27. The second-order valence-corrected chi connectivity index (χ2v) is 7.10. The van der Waals surface area contributed by atoms with Crippen molar-refractivity contribution in [3.05, 3.63) is 71.5 Å². The number of oxime groups is 1. The van der Waals surface area contributed by atoms with Crippen LogP contribution in [0.4, 0.5) is 4.39 Å². The quantitative estimate of drug-likeness (QED) is 0.726. The van der Waals surface area contributed by atoms with Crippen molar-refractivity contribution >= 4 is 5.71 Å². The molecule has 0 bridgehead atoms. The zero-order chi connectivity index (χ0) is 19.1. The summed E-state index contributed by atoms with van der Waals surface area (Å²) in [5.74, 6) is -0.242. The number of rotatable bonds is 9. The number of benzene rings is 2. The predicted molar refractivity (Wildman–Crippen MR) is 105 cm³/mol. The minimum Gasteiger partial charge on any atom is -0.392 e. The third-order valence-electron chi connectivity index (χ3n) is 4.69. The first-order valence-electron chi connectivity index (χ1n) is 9.57. The Morgan fingerprint density at radius 2 is 2.04 bits per heavy atom. The van der Waals surface area contributed by atoms with E-state index >= 15 is 0 Å². The first-order valence-corrected chi connectivity index (χ1v) is 9.57. The summed E-state index contributed by atoms with van der Waals surface area (Å²) in [4.78, 5) is 7.77. The molecule has 27 heavy (non-hydrogen) atoms. The molecule has 1 aliphatic rings. The van der Waals surface area contributed by atoms with Crippen molar-refractivity contribution in [2.24, 2.45) is 5.16 Å². The molecule has 0 saturated carbocycles. The van der Waals surface area contributed by atoms with Crippen LogP contribution in [0.25, 0.3) is 0 Å². The summed E-state index contributed by atoms with van der Waals surface area (Å²) in [5.41, 5.74) is 2.91. The minimum atomic E-state index is -0.403. The number of aliphatic hydroxyl groups excluding tert-OH is 1. The van der Waals surface area contributed by atoms with Gasteiger partial charge in [-0.1, -0.05) is 61.0 Å². The molecule has 144 valence electrons. The van der Waals surface area contributed by atoms with Crippen LogP contribution in [0, 0.1) is 5.82 Å². The van der Waals surface area contributed by atoms with E-state index < -0.39 is 6.10 Å². The molecular formula is C22H27FN2O2. The van der Waals surface area contributed by atoms with Gasteiger partial charge < -0.3 is 9.94 Å². The van der Waals surface area contributed by atoms with E-state index in [0.29, 0.717) is 19.6 Å². The van der Waals surface area contributed by atoms with Crippen molar-refractivity contribution in [2.75, 3.05) is 13.1 Å². The zero-order valence-corrected chi connectivity index (χ0v) is 15.7. The van der Waals surface area contributed by atoms with Gasteiger partial charge in [0.15, 0.2) is 0 Å². The number of hydrogen-bond donors (Lipinski definition) is 1. The van der Waals surface area contributed by atoms with E-state index in [9.17, 15) is 9.50 Å². The van der Waals surface area contributed by atoms with Gasteiger partial charge >= 0.3 is 0 Å². The molecule has 1 N–H and O–H groups in total. The van der Waals surface area contributed by atoms with Crippen LogP contribution < -0.4 is 0 Å². The van der Waals surface area contributed by atoms with Gasteiger partial charge in [0.1, 0.15) is 11.9 Å². The summed E-state index contributed by atoms with van der Waals surface area (Å²) >= 11 is 0. The molecule has 0 spiro atoms. The highest BCUT2D eigenvalue weighted by Gasteiger charge is 2.25. The summed E-state index contributed by atoms with van der Waals surface area (Å²) in [6, 6.07) is 16.6. The SMILES string of the molecule is CCC[C@H](O)CN(Cc1cccc(F)c1)C[C@H]1CC(c2ccccc2)=NO1. The van der Waals surface area contributed by atoms with E-state index in [1.807, 2.05) is 36.4 Å². The highest BCUT2D eigenvalue weighted by molar-refractivity contribution is 6.01. The molecule has 2 atom stereocenters. The second-order valence-electron chi connectivity index (χ2n) is 7.10. The fraction of sp³-hybridized carbons (Fsp3) is 0.409. The van der Waals surface area contributed by atoms with Crippen LogP contribution >= 0.6 is 0 Å². The molecule has 0 aliphatic carbocycles. The number of hydrogen-bond acceptors (Lipinski definition) is 4. The Kier molecular flexibility index (Phi) is 6.96. The van der Waals surface area contributed by atoms with Gasteiger partial charge in [0, 0.05) is 26.1 Å². The Labute approximate surface area is 160 Å². The molecule has 0 aromatic heterocycles. The van der Waals surface area contributed by atoms with Crippen LogP contribution in [0.1, 0.15) is 37.3 Å². The van der Waals surface area contributed by atoms with E-state index in [4.69, 9.17) is 4.84 Å². The maximum absolute atomic E-state index is 13.5. The molecule has 2 aromatic rings. The maximum atomic E-state index is 13.5. The van der Waals surface area contributed by atoms with E-state index in [1.54, 1.807) is 12.1 Å². The summed E-state index contributed by atoms with van der Waals surface area (Å²) in [6.45, 7) is 3.79. The molecule has 0 unspecified atom stereocenters. The smallest absolute Gasteiger partial charge is 0.145 e. The van der Waals surface area contributed by atoms with Crippen molar-refractivity contribution in [1.82, 2.24) is 4.90 Å². The zero-order valence-electron chi connectivity index (χ0n) is 15.7. The van der Waals surface area contributed by atoms with Crippen LogP contribution in [0.2, 0.25) is 0 Å². The average Bonchev–Trinajstić information content (AvgIpc) is 3.11. The Balaban J connectivity index is 1.63. The molecule has 3 rings (SSSR count). The largest absolute Gasteiger partial charge is 0.392 e. The van der Waals surface area contributed by atoms with E-state index in [1.165, 1.54) is 6.07 Å². The first kappa shape index (κ1) is 19.5. The molecule has 2 aromatic carbocycles. The average molecular weight is 370 g/mol. The summed E-state index contributed by atoms with van der Waals surface area (Å²) < 4.78 is 13.5. The Bertz CT molecular complexity index is 751. The lowest BCUT2D eigenvalue weighted by atomic mass is 10.0. The lowest BCUT2D eigenvalue weighted by molar-refractivity contribution is 0.0305. The topological polar surface area (TPSA) is 45.1 Å². The highest BCUT2D eigenvalue weighted by Crippen LogP contribution is 2.19. The van der Waals surface area contributed by atoms with E-state index in [0.717, 1.165) is 36.1 Å². The van der Waals surface area contributed by atoms with Crippen LogP contribution in [0.5, 0.6) is 0 Å². The Morgan fingerprint density at radius 3 is 2.78 bits per heavy atom.